The Bertz CT molecular complexity index is 3540. The van der Waals surface area contributed by atoms with Gasteiger partial charge in [-0.25, -0.2) is 0 Å². The molecule has 0 saturated heterocycles. The molecule has 59 heavy (non-hydrogen) atoms. The van der Waals surface area contributed by atoms with Crippen LogP contribution in [0.3, 0.4) is 0 Å². The SMILES string of the molecule is c1ccc(-n2c3ccccc3c3cc(-c4ccc(N(c5ccc(-c6cccc7ccccc67)cc5)c5cc6ccccc6c6c5oc5ccccc56)cc4)ccc32)cc1. The van der Waals surface area contributed by atoms with Gasteiger partial charge >= 0.3 is 0 Å². The van der Waals surface area contributed by atoms with Crippen LogP contribution in [-0.2, 0) is 0 Å². The Labute approximate surface area is 341 Å². The lowest BCUT2D eigenvalue weighted by molar-refractivity contribution is 0.669. The largest absolute Gasteiger partial charge is 0.454 e. The molecule has 2 heterocycles. The molecule has 12 aromatic rings. The van der Waals surface area contributed by atoms with Gasteiger partial charge in [0.05, 0.1) is 16.7 Å². The summed E-state index contributed by atoms with van der Waals surface area (Å²) in [5.41, 5.74) is 13.1. The van der Waals surface area contributed by atoms with E-state index in [1.54, 1.807) is 0 Å². The number of fused-ring (bicyclic) bond motifs is 9. The Morgan fingerprint density at radius 2 is 0.966 bits per heavy atom. The Balaban J connectivity index is 1.02. The van der Waals surface area contributed by atoms with E-state index >= 15 is 0 Å². The monoisotopic (exact) mass is 752 g/mol. The number of furan rings is 1. The van der Waals surface area contributed by atoms with Crippen molar-refractivity contribution in [2.24, 2.45) is 0 Å². The van der Waals surface area contributed by atoms with Crippen LogP contribution in [-0.4, -0.2) is 4.57 Å². The average molecular weight is 753 g/mol. The van der Waals surface area contributed by atoms with Crippen LogP contribution in [0, 0.1) is 0 Å². The van der Waals surface area contributed by atoms with Gasteiger partial charge in [0.15, 0.2) is 5.58 Å². The Kier molecular flexibility index (Phi) is 7.54. The van der Waals surface area contributed by atoms with Gasteiger partial charge in [-0.15, -0.1) is 0 Å². The summed E-state index contributed by atoms with van der Waals surface area (Å²) in [7, 11) is 0. The number of anilines is 3. The van der Waals surface area contributed by atoms with Crippen molar-refractivity contribution in [2.45, 2.75) is 0 Å². The molecule has 0 bridgehead atoms. The highest BCUT2D eigenvalue weighted by atomic mass is 16.3. The molecular weight excluding hydrogens is 717 g/mol. The highest BCUT2D eigenvalue weighted by Crippen LogP contribution is 2.46. The summed E-state index contributed by atoms with van der Waals surface area (Å²) < 4.78 is 9.18. The lowest BCUT2D eigenvalue weighted by Crippen LogP contribution is -2.10. The molecule has 0 aliphatic carbocycles. The molecule has 3 heteroatoms. The number of rotatable bonds is 6. The van der Waals surface area contributed by atoms with Crippen molar-refractivity contribution < 1.29 is 4.42 Å². The first-order chi connectivity index (χ1) is 29.3. The zero-order chi connectivity index (χ0) is 38.9. The second-order valence-electron chi connectivity index (χ2n) is 15.3. The van der Waals surface area contributed by atoms with E-state index in [1.807, 2.05) is 6.07 Å². The minimum Gasteiger partial charge on any atom is -0.454 e. The standard InChI is InChI=1S/C56H36N2O/c1-2-16-42(17-3-1)58-51-23-10-8-20-48(51)50-35-40(29-34-52(50)58)37-25-30-43(31-26-37)57(44-32-27-39(28-33-44)46-22-12-15-38-13-4-6-18-45(38)46)53-36-41-14-5-7-19-47(41)55-49-21-9-11-24-54(49)59-56(53)55/h1-36H. The third-order valence-corrected chi connectivity index (χ3v) is 12.0. The van der Waals surface area contributed by atoms with Crippen molar-refractivity contribution in [1.82, 2.24) is 4.57 Å². The lowest BCUT2D eigenvalue weighted by atomic mass is 9.97. The molecule has 0 N–H and O–H groups in total. The number of nitrogens with zero attached hydrogens (tertiary/aromatic N) is 2. The van der Waals surface area contributed by atoms with Crippen LogP contribution in [0.4, 0.5) is 17.1 Å². The molecule has 0 fully saturated rings. The summed E-state index contributed by atoms with van der Waals surface area (Å²) in [6, 6.07) is 78.6. The van der Waals surface area contributed by atoms with Crippen molar-refractivity contribution >= 4 is 82.4 Å². The zero-order valence-corrected chi connectivity index (χ0v) is 32.1. The van der Waals surface area contributed by atoms with Gasteiger partial charge in [-0.05, 0) is 111 Å². The Morgan fingerprint density at radius 3 is 1.76 bits per heavy atom. The molecule has 0 saturated carbocycles. The number of para-hydroxylation sites is 3. The summed E-state index contributed by atoms with van der Waals surface area (Å²) in [5.74, 6) is 0. The van der Waals surface area contributed by atoms with E-state index in [1.165, 1.54) is 60.0 Å². The maximum atomic E-state index is 6.82. The van der Waals surface area contributed by atoms with Crippen LogP contribution in [0.2, 0.25) is 0 Å². The molecule has 0 aliphatic heterocycles. The fourth-order valence-electron chi connectivity index (χ4n) is 9.23. The fraction of sp³-hybridized carbons (Fsp3) is 0. The van der Waals surface area contributed by atoms with Gasteiger partial charge in [-0.3, -0.25) is 0 Å². The molecule has 0 spiro atoms. The molecule has 2 aromatic heterocycles. The van der Waals surface area contributed by atoms with Crippen LogP contribution in [0.25, 0.3) is 93.2 Å². The van der Waals surface area contributed by atoms with Crippen LogP contribution < -0.4 is 4.90 Å². The van der Waals surface area contributed by atoms with E-state index < -0.39 is 0 Å². The van der Waals surface area contributed by atoms with Crippen LogP contribution >= 0.6 is 0 Å². The number of aromatic nitrogens is 1. The molecule has 0 unspecified atom stereocenters. The normalized spacial score (nSPS) is 11.7. The van der Waals surface area contributed by atoms with Crippen molar-refractivity contribution in [3.8, 4) is 27.9 Å². The summed E-state index contributed by atoms with van der Waals surface area (Å²) in [5, 5.41) is 9.56. The van der Waals surface area contributed by atoms with Crippen molar-refractivity contribution in [3.05, 3.63) is 218 Å². The summed E-state index contributed by atoms with van der Waals surface area (Å²) in [6.07, 6.45) is 0. The summed E-state index contributed by atoms with van der Waals surface area (Å²) >= 11 is 0. The van der Waals surface area contributed by atoms with Crippen LogP contribution in [0.1, 0.15) is 0 Å². The van der Waals surface area contributed by atoms with Gasteiger partial charge < -0.3 is 13.9 Å². The maximum absolute atomic E-state index is 6.82. The first kappa shape index (κ1) is 33.3. The van der Waals surface area contributed by atoms with Crippen molar-refractivity contribution in [2.75, 3.05) is 4.90 Å². The molecule has 3 nitrogen and oxygen atoms in total. The maximum Gasteiger partial charge on any atom is 0.160 e. The Hall–Kier alpha value is -7.88. The van der Waals surface area contributed by atoms with Gasteiger partial charge in [0.2, 0.25) is 0 Å². The smallest absolute Gasteiger partial charge is 0.160 e. The predicted octanol–water partition coefficient (Wildman–Crippen LogP) is 15.8. The number of hydrogen-bond donors (Lipinski definition) is 0. The van der Waals surface area contributed by atoms with Crippen LogP contribution in [0.15, 0.2) is 223 Å². The van der Waals surface area contributed by atoms with Crippen LogP contribution in [0.5, 0.6) is 0 Å². The molecule has 12 rings (SSSR count). The second-order valence-corrected chi connectivity index (χ2v) is 15.3. The molecule has 0 atom stereocenters. The highest BCUT2D eigenvalue weighted by molar-refractivity contribution is 6.23. The average Bonchev–Trinajstić information content (AvgIpc) is 3.86. The van der Waals surface area contributed by atoms with E-state index in [4.69, 9.17) is 4.42 Å². The van der Waals surface area contributed by atoms with E-state index in [0.29, 0.717) is 0 Å². The third kappa shape index (κ3) is 5.36. The third-order valence-electron chi connectivity index (χ3n) is 12.0. The molecule has 276 valence electrons. The lowest BCUT2D eigenvalue weighted by Gasteiger charge is -2.26. The topological polar surface area (TPSA) is 21.3 Å². The van der Waals surface area contributed by atoms with E-state index in [-0.39, 0.29) is 0 Å². The first-order valence-electron chi connectivity index (χ1n) is 20.2. The van der Waals surface area contributed by atoms with Gasteiger partial charge in [0.1, 0.15) is 5.58 Å². The molecule has 10 aromatic carbocycles. The van der Waals surface area contributed by atoms with E-state index in [0.717, 1.165) is 50.3 Å². The molecule has 0 aliphatic rings. The zero-order valence-electron chi connectivity index (χ0n) is 32.1. The summed E-state index contributed by atoms with van der Waals surface area (Å²) in [6.45, 7) is 0. The predicted molar refractivity (Wildman–Crippen MR) is 249 cm³/mol. The second kappa shape index (κ2) is 13.4. The quantitative estimate of drug-likeness (QED) is 0.169. The van der Waals surface area contributed by atoms with Gasteiger partial charge in [0.25, 0.3) is 0 Å². The highest BCUT2D eigenvalue weighted by Gasteiger charge is 2.22. The minimum atomic E-state index is 0.868. The molecular formula is C56H36N2O. The molecule has 0 amide bonds. The van der Waals surface area contributed by atoms with E-state index in [2.05, 4.69) is 222 Å². The Morgan fingerprint density at radius 1 is 0.373 bits per heavy atom. The minimum absolute atomic E-state index is 0.868. The van der Waals surface area contributed by atoms with Gasteiger partial charge in [-0.1, -0.05) is 152 Å². The fourth-order valence-corrected chi connectivity index (χ4v) is 9.23. The van der Waals surface area contributed by atoms with Gasteiger partial charge in [-0.2, -0.15) is 0 Å². The van der Waals surface area contributed by atoms with Crippen molar-refractivity contribution in [1.29, 1.82) is 0 Å². The number of hydrogen-bond acceptors (Lipinski definition) is 2. The molecule has 0 radical (unpaired) electrons. The van der Waals surface area contributed by atoms with Crippen molar-refractivity contribution in [3.63, 3.8) is 0 Å². The summed E-state index contributed by atoms with van der Waals surface area (Å²) in [4.78, 5) is 2.35. The first-order valence-corrected chi connectivity index (χ1v) is 20.2. The van der Waals surface area contributed by atoms with Gasteiger partial charge in [0, 0.05) is 38.6 Å². The number of benzene rings is 10. The van der Waals surface area contributed by atoms with E-state index in [9.17, 15) is 0 Å².